The van der Waals surface area contributed by atoms with E-state index >= 15 is 0 Å². The summed E-state index contributed by atoms with van der Waals surface area (Å²) in [5, 5.41) is 7.35. The van der Waals surface area contributed by atoms with Crippen LogP contribution >= 0.6 is 0 Å². The quantitative estimate of drug-likeness (QED) is 0.538. The van der Waals surface area contributed by atoms with E-state index in [1.54, 1.807) is 41.2 Å². The molecule has 3 aromatic heterocycles. The van der Waals surface area contributed by atoms with Crippen molar-refractivity contribution >= 4 is 16.9 Å². The maximum atomic E-state index is 13.0. The monoisotopic (exact) mass is 392 g/mol. The van der Waals surface area contributed by atoms with Gasteiger partial charge in [-0.25, -0.2) is 14.1 Å². The molecule has 0 saturated carbocycles. The van der Waals surface area contributed by atoms with Crippen LogP contribution in [0.2, 0.25) is 0 Å². The second kappa shape index (κ2) is 8.01. The lowest BCUT2D eigenvalue weighted by Crippen LogP contribution is -2.28. The van der Waals surface area contributed by atoms with Gasteiger partial charge in [0.05, 0.1) is 19.3 Å². The Morgan fingerprint density at radius 1 is 1.10 bits per heavy atom. The Morgan fingerprint density at radius 2 is 1.93 bits per heavy atom. The SMILES string of the molecule is O=C(NCCn1ncc2c(=O)n(Cc3ccc(F)cc3)cnc21)c1ccccn1. The Bertz CT molecular complexity index is 1200. The number of hydrogen-bond acceptors (Lipinski definition) is 5. The normalized spacial score (nSPS) is 10.9. The van der Waals surface area contributed by atoms with Gasteiger partial charge in [-0.1, -0.05) is 18.2 Å². The first kappa shape index (κ1) is 18.5. The molecule has 8 nitrogen and oxygen atoms in total. The van der Waals surface area contributed by atoms with Gasteiger partial charge < -0.3 is 5.32 Å². The topological polar surface area (TPSA) is 94.7 Å². The van der Waals surface area contributed by atoms with Crippen LogP contribution in [0, 0.1) is 5.82 Å². The summed E-state index contributed by atoms with van der Waals surface area (Å²) in [5.74, 6) is -0.609. The molecule has 0 spiro atoms. The fraction of sp³-hybridized carbons (Fsp3) is 0.150. The van der Waals surface area contributed by atoms with Crippen molar-refractivity contribution in [2.45, 2.75) is 13.1 Å². The van der Waals surface area contributed by atoms with Crippen LogP contribution < -0.4 is 10.9 Å². The number of amides is 1. The highest BCUT2D eigenvalue weighted by Crippen LogP contribution is 2.08. The van der Waals surface area contributed by atoms with E-state index in [1.165, 1.54) is 29.2 Å². The number of hydrogen-bond donors (Lipinski definition) is 1. The summed E-state index contributed by atoms with van der Waals surface area (Å²) in [6.45, 7) is 0.955. The van der Waals surface area contributed by atoms with Crippen molar-refractivity contribution in [2.75, 3.05) is 6.54 Å². The van der Waals surface area contributed by atoms with E-state index < -0.39 is 0 Å². The van der Waals surface area contributed by atoms with Crippen LogP contribution in [0.1, 0.15) is 16.1 Å². The first-order valence-corrected chi connectivity index (χ1v) is 8.96. The second-order valence-corrected chi connectivity index (χ2v) is 6.38. The van der Waals surface area contributed by atoms with E-state index in [0.717, 1.165) is 5.56 Å². The number of nitrogens with one attached hydrogen (secondary N) is 1. The number of rotatable bonds is 6. The maximum Gasteiger partial charge on any atom is 0.269 e. The molecule has 0 aliphatic rings. The van der Waals surface area contributed by atoms with E-state index in [-0.39, 0.29) is 23.8 Å². The fourth-order valence-corrected chi connectivity index (χ4v) is 2.92. The third kappa shape index (κ3) is 4.03. The van der Waals surface area contributed by atoms with Crippen LogP contribution in [-0.4, -0.2) is 36.8 Å². The smallest absolute Gasteiger partial charge is 0.269 e. The van der Waals surface area contributed by atoms with Crippen molar-refractivity contribution in [3.63, 3.8) is 0 Å². The number of carbonyl (C=O) groups excluding carboxylic acids is 1. The van der Waals surface area contributed by atoms with Gasteiger partial charge in [0, 0.05) is 12.7 Å². The van der Waals surface area contributed by atoms with Crippen LogP contribution in [0.5, 0.6) is 0 Å². The van der Waals surface area contributed by atoms with Crippen molar-refractivity contribution in [3.05, 3.63) is 88.6 Å². The Labute approximate surface area is 164 Å². The molecule has 0 bridgehead atoms. The van der Waals surface area contributed by atoms with Gasteiger partial charge in [0.25, 0.3) is 11.5 Å². The number of benzene rings is 1. The van der Waals surface area contributed by atoms with Gasteiger partial charge in [-0.05, 0) is 29.8 Å². The van der Waals surface area contributed by atoms with Gasteiger partial charge in [-0.2, -0.15) is 5.10 Å². The predicted molar refractivity (Wildman–Crippen MR) is 104 cm³/mol. The summed E-state index contributed by atoms with van der Waals surface area (Å²) in [7, 11) is 0. The summed E-state index contributed by atoms with van der Waals surface area (Å²) in [6, 6.07) is 11.1. The highest BCUT2D eigenvalue weighted by Gasteiger charge is 2.11. The highest BCUT2D eigenvalue weighted by atomic mass is 19.1. The number of halogens is 1. The number of pyridine rings is 1. The molecule has 1 amide bonds. The van der Waals surface area contributed by atoms with Gasteiger partial charge >= 0.3 is 0 Å². The van der Waals surface area contributed by atoms with Crippen molar-refractivity contribution < 1.29 is 9.18 Å². The summed E-state index contributed by atoms with van der Waals surface area (Å²) < 4.78 is 16.1. The minimum atomic E-state index is -0.328. The zero-order chi connectivity index (χ0) is 20.2. The van der Waals surface area contributed by atoms with Gasteiger partial charge in [0.1, 0.15) is 23.2 Å². The van der Waals surface area contributed by atoms with E-state index in [4.69, 9.17) is 0 Å². The molecule has 29 heavy (non-hydrogen) atoms. The summed E-state index contributed by atoms with van der Waals surface area (Å²) in [5.41, 5.74) is 1.33. The lowest BCUT2D eigenvalue weighted by molar-refractivity contribution is 0.0947. The Hall–Kier alpha value is -3.88. The van der Waals surface area contributed by atoms with E-state index in [2.05, 4.69) is 20.4 Å². The van der Waals surface area contributed by atoms with Crippen molar-refractivity contribution in [3.8, 4) is 0 Å². The molecule has 146 valence electrons. The Kier molecular flexibility index (Phi) is 5.10. The molecule has 1 aromatic carbocycles. The summed E-state index contributed by atoms with van der Waals surface area (Å²) >= 11 is 0. The molecule has 3 heterocycles. The molecule has 0 fully saturated rings. The third-order valence-corrected chi connectivity index (χ3v) is 4.40. The zero-order valence-corrected chi connectivity index (χ0v) is 15.3. The summed E-state index contributed by atoms with van der Waals surface area (Å²) in [4.78, 5) is 33.1. The molecule has 0 atom stereocenters. The molecular formula is C20H17FN6O2. The van der Waals surface area contributed by atoms with Crippen LogP contribution in [0.3, 0.4) is 0 Å². The van der Waals surface area contributed by atoms with Gasteiger partial charge in [0.2, 0.25) is 0 Å². The molecule has 0 aliphatic carbocycles. The minimum absolute atomic E-state index is 0.233. The van der Waals surface area contributed by atoms with Crippen LogP contribution in [0.4, 0.5) is 4.39 Å². The molecule has 1 N–H and O–H groups in total. The molecule has 4 aromatic rings. The van der Waals surface area contributed by atoms with E-state index in [9.17, 15) is 14.0 Å². The largest absolute Gasteiger partial charge is 0.349 e. The Balaban J connectivity index is 1.46. The first-order chi connectivity index (χ1) is 14.1. The molecule has 9 heteroatoms. The van der Waals surface area contributed by atoms with Crippen LogP contribution in [0.15, 0.2) is 66.0 Å². The van der Waals surface area contributed by atoms with Crippen molar-refractivity contribution in [2.24, 2.45) is 0 Å². The first-order valence-electron chi connectivity index (χ1n) is 8.96. The van der Waals surface area contributed by atoms with Gasteiger partial charge in [-0.15, -0.1) is 0 Å². The average molecular weight is 392 g/mol. The van der Waals surface area contributed by atoms with E-state index in [1.807, 2.05) is 0 Å². The number of carbonyl (C=O) groups is 1. The average Bonchev–Trinajstić information content (AvgIpc) is 3.16. The number of fused-ring (bicyclic) bond motifs is 1. The predicted octanol–water partition coefficient (Wildman–Crippen LogP) is 1.61. The fourth-order valence-electron chi connectivity index (χ4n) is 2.92. The molecule has 0 saturated heterocycles. The van der Waals surface area contributed by atoms with Crippen molar-refractivity contribution in [1.29, 1.82) is 0 Å². The second-order valence-electron chi connectivity index (χ2n) is 6.38. The third-order valence-electron chi connectivity index (χ3n) is 4.40. The molecule has 4 rings (SSSR count). The summed E-state index contributed by atoms with van der Waals surface area (Å²) in [6.07, 6.45) is 4.46. The number of aromatic nitrogens is 5. The Morgan fingerprint density at radius 3 is 2.69 bits per heavy atom. The van der Waals surface area contributed by atoms with Crippen LogP contribution in [-0.2, 0) is 13.1 Å². The molecule has 0 radical (unpaired) electrons. The highest BCUT2D eigenvalue weighted by molar-refractivity contribution is 5.92. The van der Waals surface area contributed by atoms with Gasteiger partial charge in [0.15, 0.2) is 5.65 Å². The van der Waals surface area contributed by atoms with Crippen molar-refractivity contribution in [1.82, 2.24) is 29.6 Å². The molecule has 0 unspecified atom stereocenters. The van der Waals surface area contributed by atoms with E-state index in [0.29, 0.717) is 29.8 Å². The lowest BCUT2D eigenvalue weighted by Gasteiger charge is -2.07. The zero-order valence-electron chi connectivity index (χ0n) is 15.3. The number of nitrogens with zero attached hydrogens (tertiary/aromatic N) is 5. The standard InChI is InChI=1S/C20H17FN6O2/c21-15-6-4-14(5-7-15)12-26-13-24-18-16(20(26)29)11-25-27(18)10-9-23-19(28)17-3-1-2-8-22-17/h1-8,11,13H,9-10,12H2,(H,23,28). The molecule has 0 aliphatic heterocycles. The minimum Gasteiger partial charge on any atom is -0.349 e. The molecular weight excluding hydrogens is 375 g/mol. The van der Waals surface area contributed by atoms with Gasteiger partial charge in [-0.3, -0.25) is 19.1 Å². The maximum absolute atomic E-state index is 13.0. The lowest BCUT2D eigenvalue weighted by atomic mass is 10.2. The van der Waals surface area contributed by atoms with Crippen LogP contribution in [0.25, 0.3) is 11.0 Å².